The van der Waals surface area contributed by atoms with Crippen molar-refractivity contribution in [1.29, 1.82) is 0 Å². The predicted octanol–water partition coefficient (Wildman–Crippen LogP) is 2.49. The van der Waals surface area contributed by atoms with Gasteiger partial charge in [-0.1, -0.05) is 25.1 Å². The van der Waals surface area contributed by atoms with Crippen molar-refractivity contribution in [2.24, 2.45) is 5.73 Å². The number of allylic oxidation sites excluding steroid dienone is 2. The average molecular weight is 311 g/mol. The summed E-state index contributed by atoms with van der Waals surface area (Å²) in [7, 11) is 0. The van der Waals surface area contributed by atoms with E-state index in [4.69, 9.17) is 5.73 Å². The number of anilines is 1. The zero-order valence-corrected chi connectivity index (χ0v) is 12.7. The van der Waals surface area contributed by atoms with Crippen LogP contribution in [0.1, 0.15) is 18.4 Å². The van der Waals surface area contributed by atoms with Crippen LogP contribution < -0.4 is 16.4 Å². The number of aromatic nitrogens is 2. The van der Waals surface area contributed by atoms with Gasteiger partial charge in [-0.25, -0.2) is 9.37 Å². The Balaban J connectivity index is 1.77. The molecule has 118 valence electrons. The molecule has 2 heterocycles. The highest BCUT2D eigenvalue weighted by Crippen LogP contribution is 2.28. The molecule has 1 aromatic heterocycles. The number of nitrogens with one attached hydrogen (secondary N) is 2. The maximum atomic E-state index is 13.1. The number of nitrogens with two attached hydrogens (primary N) is 1. The topological polar surface area (TPSA) is 75.9 Å². The number of dihydropyridines is 1. The molecule has 23 heavy (non-hydrogen) atoms. The second-order valence-electron chi connectivity index (χ2n) is 5.49. The highest BCUT2D eigenvalue weighted by molar-refractivity contribution is 5.42. The van der Waals surface area contributed by atoms with E-state index >= 15 is 0 Å². The molecule has 0 radical (unpaired) electrons. The highest BCUT2D eigenvalue weighted by Gasteiger charge is 2.32. The van der Waals surface area contributed by atoms with Gasteiger partial charge in [0.15, 0.2) is 0 Å². The molecule has 5 nitrogen and oxygen atoms in total. The van der Waals surface area contributed by atoms with E-state index in [2.05, 4.69) is 20.6 Å². The van der Waals surface area contributed by atoms with Gasteiger partial charge in [0, 0.05) is 18.3 Å². The third kappa shape index (κ3) is 3.37. The summed E-state index contributed by atoms with van der Waals surface area (Å²) in [4.78, 5) is 8.18. The molecule has 6 heteroatoms. The number of halogens is 1. The smallest absolute Gasteiger partial charge is 0.149 e. The van der Waals surface area contributed by atoms with Crippen molar-refractivity contribution in [1.82, 2.24) is 15.3 Å². The summed E-state index contributed by atoms with van der Waals surface area (Å²) < 4.78 is 13.1. The van der Waals surface area contributed by atoms with Crippen LogP contribution >= 0.6 is 0 Å². The standard InChI is InChI=1S/C17H18FN5/c1-12(13-4-6-14(18)7-5-13)17(19)8-2-3-15(23-17)22-16-11-20-9-10-21-16/h2-12,23H,19H2,1H3,(H,21,22). The van der Waals surface area contributed by atoms with Crippen LogP contribution in [0.3, 0.4) is 0 Å². The Hall–Kier alpha value is -2.73. The first-order valence-corrected chi connectivity index (χ1v) is 7.32. The van der Waals surface area contributed by atoms with Crippen molar-refractivity contribution in [3.63, 3.8) is 0 Å². The fraction of sp³-hybridized carbons (Fsp3) is 0.176. The third-order valence-electron chi connectivity index (χ3n) is 3.90. The fourth-order valence-electron chi connectivity index (χ4n) is 2.47. The van der Waals surface area contributed by atoms with Crippen molar-refractivity contribution >= 4 is 5.82 Å². The molecule has 0 amide bonds. The number of rotatable bonds is 4. The summed E-state index contributed by atoms with van der Waals surface area (Å²) in [6, 6.07) is 6.38. The van der Waals surface area contributed by atoms with E-state index in [-0.39, 0.29) is 11.7 Å². The normalized spacial score (nSPS) is 21.3. The summed E-state index contributed by atoms with van der Waals surface area (Å²) in [5.41, 5.74) is 6.66. The monoisotopic (exact) mass is 311 g/mol. The van der Waals surface area contributed by atoms with Crippen molar-refractivity contribution < 1.29 is 4.39 Å². The lowest BCUT2D eigenvalue weighted by atomic mass is 9.86. The van der Waals surface area contributed by atoms with Crippen molar-refractivity contribution in [3.8, 4) is 0 Å². The largest absolute Gasteiger partial charge is 0.350 e. The number of nitrogens with zero attached hydrogens (tertiary/aromatic N) is 2. The van der Waals surface area contributed by atoms with E-state index in [1.54, 1.807) is 30.7 Å². The lowest BCUT2D eigenvalue weighted by molar-refractivity contribution is 0.386. The van der Waals surface area contributed by atoms with Gasteiger partial charge in [0.2, 0.25) is 0 Å². The first-order chi connectivity index (χ1) is 11.1. The van der Waals surface area contributed by atoms with Gasteiger partial charge in [0.1, 0.15) is 23.1 Å². The molecule has 0 aliphatic carbocycles. The molecule has 0 bridgehead atoms. The van der Waals surface area contributed by atoms with E-state index in [0.717, 1.165) is 11.4 Å². The van der Waals surface area contributed by atoms with Crippen LogP contribution in [0.4, 0.5) is 10.2 Å². The Morgan fingerprint density at radius 2 is 2.04 bits per heavy atom. The number of benzene rings is 1. The fourth-order valence-corrected chi connectivity index (χ4v) is 2.47. The van der Waals surface area contributed by atoms with Crippen LogP contribution in [0.5, 0.6) is 0 Å². The van der Waals surface area contributed by atoms with Gasteiger partial charge in [-0.2, -0.15) is 0 Å². The summed E-state index contributed by atoms with van der Waals surface area (Å²) in [5.74, 6) is 1.03. The van der Waals surface area contributed by atoms with Gasteiger partial charge in [0.05, 0.1) is 6.20 Å². The molecule has 2 atom stereocenters. The Labute approximate surface area is 134 Å². The summed E-state index contributed by atoms with van der Waals surface area (Å²) in [6.45, 7) is 2.00. The minimum Gasteiger partial charge on any atom is -0.350 e. The number of hydrogen-bond donors (Lipinski definition) is 3. The van der Waals surface area contributed by atoms with E-state index in [1.165, 1.54) is 12.1 Å². The highest BCUT2D eigenvalue weighted by atomic mass is 19.1. The van der Waals surface area contributed by atoms with Gasteiger partial charge >= 0.3 is 0 Å². The molecule has 0 spiro atoms. The molecule has 2 unspecified atom stereocenters. The number of hydrogen-bond acceptors (Lipinski definition) is 5. The minimum atomic E-state index is -0.795. The molecule has 1 aromatic carbocycles. The zero-order chi connectivity index (χ0) is 16.3. The SMILES string of the molecule is CC(c1ccc(F)cc1)C1(N)C=CC=C(Nc2cnccn2)N1. The van der Waals surface area contributed by atoms with E-state index in [0.29, 0.717) is 5.82 Å². The van der Waals surface area contributed by atoms with Gasteiger partial charge in [-0.15, -0.1) is 0 Å². The van der Waals surface area contributed by atoms with E-state index < -0.39 is 5.66 Å². The average Bonchev–Trinajstić information content (AvgIpc) is 2.56. The first-order valence-electron chi connectivity index (χ1n) is 7.32. The molecular formula is C17H18FN5. The zero-order valence-electron chi connectivity index (χ0n) is 12.7. The molecular weight excluding hydrogens is 293 g/mol. The molecule has 1 aliphatic heterocycles. The first kappa shape index (κ1) is 15.2. The maximum Gasteiger partial charge on any atom is 0.149 e. The second-order valence-corrected chi connectivity index (χ2v) is 5.49. The van der Waals surface area contributed by atoms with E-state index in [1.807, 2.05) is 25.2 Å². The third-order valence-corrected chi connectivity index (χ3v) is 3.90. The van der Waals surface area contributed by atoms with E-state index in [9.17, 15) is 4.39 Å². The van der Waals surface area contributed by atoms with Crippen molar-refractivity contribution in [2.75, 3.05) is 5.32 Å². The Morgan fingerprint density at radius 1 is 1.26 bits per heavy atom. The van der Waals surface area contributed by atoms with Crippen LogP contribution in [-0.4, -0.2) is 15.6 Å². The quantitative estimate of drug-likeness (QED) is 0.809. The molecule has 1 aliphatic rings. The predicted molar refractivity (Wildman–Crippen MR) is 87.7 cm³/mol. The molecule has 4 N–H and O–H groups in total. The Bertz CT molecular complexity index is 726. The van der Waals surface area contributed by atoms with Gasteiger partial charge in [0.25, 0.3) is 0 Å². The van der Waals surface area contributed by atoms with Crippen LogP contribution in [0.25, 0.3) is 0 Å². The van der Waals surface area contributed by atoms with Crippen LogP contribution in [0.15, 0.2) is 66.9 Å². The van der Waals surface area contributed by atoms with Crippen LogP contribution in [-0.2, 0) is 0 Å². The lowest BCUT2D eigenvalue weighted by Gasteiger charge is -2.37. The molecule has 0 saturated heterocycles. The maximum absolute atomic E-state index is 13.1. The van der Waals surface area contributed by atoms with Crippen LogP contribution in [0.2, 0.25) is 0 Å². The van der Waals surface area contributed by atoms with Crippen molar-refractivity contribution in [3.05, 3.63) is 78.3 Å². The van der Waals surface area contributed by atoms with Gasteiger partial charge in [-0.3, -0.25) is 4.98 Å². The Kier molecular flexibility index (Phi) is 4.08. The summed E-state index contributed by atoms with van der Waals surface area (Å²) in [6.07, 6.45) is 10.5. The molecule has 2 aromatic rings. The molecule has 0 fully saturated rings. The molecule has 0 saturated carbocycles. The Morgan fingerprint density at radius 3 is 2.74 bits per heavy atom. The van der Waals surface area contributed by atoms with Gasteiger partial charge in [-0.05, 0) is 29.8 Å². The van der Waals surface area contributed by atoms with Crippen LogP contribution in [0, 0.1) is 5.82 Å². The summed E-state index contributed by atoms with van der Waals surface area (Å²) in [5, 5.41) is 6.41. The summed E-state index contributed by atoms with van der Waals surface area (Å²) >= 11 is 0. The lowest BCUT2D eigenvalue weighted by Crippen LogP contribution is -2.57. The minimum absolute atomic E-state index is 0.0632. The van der Waals surface area contributed by atoms with Crippen molar-refractivity contribution in [2.45, 2.75) is 18.5 Å². The van der Waals surface area contributed by atoms with Gasteiger partial charge < -0.3 is 16.4 Å². The second kappa shape index (κ2) is 6.18. The molecule has 3 rings (SSSR count).